The van der Waals surface area contributed by atoms with E-state index >= 15 is 0 Å². The van der Waals surface area contributed by atoms with Crippen LogP contribution in [0.2, 0.25) is 0 Å². The summed E-state index contributed by atoms with van der Waals surface area (Å²) in [6, 6.07) is 0.229. The molecule has 0 radical (unpaired) electrons. The predicted molar refractivity (Wildman–Crippen MR) is 95.8 cm³/mol. The van der Waals surface area contributed by atoms with E-state index in [1.54, 1.807) is 13.1 Å². The second-order valence-electron chi connectivity index (χ2n) is 7.08. The van der Waals surface area contributed by atoms with Crippen LogP contribution in [0.4, 0.5) is 0 Å². The summed E-state index contributed by atoms with van der Waals surface area (Å²) in [6.45, 7) is 6.58. The van der Waals surface area contributed by atoms with Gasteiger partial charge in [0.1, 0.15) is 5.82 Å². The molecule has 25 heavy (non-hydrogen) atoms. The Balaban J connectivity index is 1.52. The summed E-state index contributed by atoms with van der Waals surface area (Å²) in [6.07, 6.45) is 11.4. The van der Waals surface area contributed by atoms with Gasteiger partial charge in [-0.25, -0.2) is 4.98 Å². The van der Waals surface area contributed by atoms with Crippen LogP contribution in [0.15, 0.2) is 24.5 Å². The Morgan fingerprint density at radius 2 is 1.92 bits per heavy atom. The van der Waals surface area contributed by atoms with E-state index in [2.05, 4.69) is 21.7 Å². The molecule has 0 bridgehead atoms. The summed E-state index contributed by atoms with van der Waals surface area (Å²) in [5.41, 5.74) is 0. The summed E-state index contributed by atoms with van der Waals surface area (Å²) in [5, 5.41) is 0. The molecule has 0 spiro atoms. The van der Waals surface area contributed by atoms with Gasteiger partial charge in [-0.15, -0.1) is 0 Å². The number of piperidine rings is 1. The van der Waals surface area contributed by atoms with Crippen molar-refractivity contribution in [3.63, 3.8) is 0 Å². The smallest absolute Gasteiger partial charge is 0.226 e. The fourth-order valence-electron chi connectivity index (χ4n) is 3.93. The molecule has 0 unspecified atom stereocenters. The van der Waals surface area contributed by atoms with E-state index in [1.165, 1.54) is 0 Å². The Morgan fingerprint density at radius 1 is 1.24 bits per heavy atom. The van der Waals surface area contributed by atoms with Crippen molar-refractivity contribution in [2.75, 3.05) is 19.6 Å². The topological polar surface area (TPSA) is 58.4 Å². The number of nitrogens with zero attached hydrogens (tertiary/aromatic N) is 4. The molecular weight excluding hydrogens is 316 g/mol. The maximum absolute atomic E-state index is 12.5. The number of imidazole rings is 1. The van der Waals surface area contributed by atoms with Gasteiger partial charge in [0.2, 0.25) is 11.8 Å². The molecule has 0 saturated carbocycles. The standard InChI is InChI=1S/C19H28N4O2/c1-15-20-9-12-21(15)13-14-23(16(2)24)18-7-10-22(11-8-18)19(25)17-5-3-4-6-17/h3-4,9,12,17-18H,5-8,10-11,13-14H2,1-2H3. The van der Waals surface area contributed by atoms with Gasteiger partial charge in [-0.2, -0.15) is 0 Å². The van der Waals surface area contributed by atoms with Gasteiger partial charge in [-0.3, -0.25) is 9.59 Å². The van der Waals surface area contributed by atoms with Gasteiger partial charge < -0.3 is 14.4 Å². The van der Waals surface area contributed by atoms with Gasteiger partial charge in [0.05, 0.1) is 0 Å². The third kappa shape index (κ3) is 4.11. The maximum Gasteiger partial charge on any atom is 0.226 e. The number of allylic oxidation sites excluding steroid dienone is 2. The number of aryl methyl sites for hydroxylation is 1. The van der Waals surface area contributed by atoms with Crippen molar-refractivity contribution in [3.8, 4) is 0 Å². The largest absolute Gasteiger partial charge is 0.342 e. The van der Waals surface area contributed by atoms with Gasteiger partial charge in [0, 0.05) is 57.5 Å². The molecule has 2 amide bonds. The predicted octanol–water partition coefficient (Wildman–Crippen LogP) is 2.00. The lowest BCUT2D eigenvalue weighted by atomic mass is 9.99. The van der Waals surface area contributed by atoms with Crippen molar-refractivity contribution in [1.29, 1.82) is 0 Å². The first kappa shape index (κ1) is 17.7. The van der Waals surface area contributed by atoms with E-state index in [-0.39, 0.29) is 23.8 Å². The SMILES string of the molecule is CC(=O)N(CCn1ccnc1C)C1CCN(C(=O)C2CC=CC2)CC1. The molecule has 1 aromatic heterocycles. The van der Waals surface area contributed by atoms with Crippen LogP contribution in [0.5, 0.6) is 0 Å². The van der Waals surface area contributed by atoms with Gasteiger partial charge in [0.25, 0.3) is 0 Å². The number of hydrogen-bond donors (Lipinski definition) is 0. The highest BCUT2D eigenvalue weighted by molar-refractivity contribution is 5.80. The van der Waals surface area contributed by atoms with Crippen LogP contribution in [0, 0.1) is 12.8 Å². The Morgan fingerprint density at radius 3 is 2.48 bits per heavy atom. The van der Waals surface area contributed by atoms with Crippen molar-refractivity contribution < 1.29 is 9.59 Å². The van der Waals surface area contributed by atoms with Crippen LogP contribution in [-0.2, 0) is 16.1 Å². The number of amides is 2. The highest BCUT2D eigenvalue weighted by Gasteiger charge is 2.31. The molecule has 1 aliphatic carbocycles. The third-order valence-electron chi connectivity index (χ3n) is 5.48. The minimum Gasteiger partial charge on any atom is -0.342 e. The van der Waals surface area contributed by atoms with Crippen LogP contribution in [0.1, 0.15) is 38.4 Å². The second kappa shape index (κ2) is 7.85. The Labute approximate surface area is 149 Å². The quantitative estimate of drug-likeness (QED) is 0.768. The van der Waals surface area contributed by atoms with Gasteiger partial charge >= 0.3 is 0 Å². The lowest BCUT2D eigenvalue weighted by Gasteiger charge is -2.39. The molecule has 1 aliphatic heterocycles. The number of hydrogen-bond acceptors (Lipinski definition) is 3. The fourth-order valence-corrected chi connectivity index (χ4v) is 3.93. The lowest BCUT2D eigenvalue weighted by Crippen LogP contribution is -2.50. The number of carbonyl (C=O) groups is 2. The molecule has 1 fully saturated rings. The molecule has 0 N–H and O–H groups in total. The molecular formula is C19H28N4O2. The van der Waals surface area contributed by atoms with Gasteiger partial charge in [-0.05, 0) is 32.6 Å². The van der Waals surface area contributed by atoms with Gasteiger partial charge in [-0.1, -0.05) is 12.2 Å². The van der Waals surface area contributed by atoms with E-state index < -0.39 is 0 Å². The molecule has 2 heterocycles. The molecule has 0 atom stereocenters. The van der Waals surface area contributed by atoms with E-state index in [0.717, 1.165) is 51.1 Å². The third-order valence-corrected chi connectivity index (χ3v) is 5.48. The summed E-state index contributed by atoms with van der Waals surface area (Å²) >= 11 is 0. The lowest BCUT2D eigenvalue weighted by molar-refractivity contribution is -0.138. The van der Waals surface area contributed by atoms with Crippen LogP contribution < -0.4 is 0 Å². The van der Waals surface area contributed by atoms with E-state index in [9.17, 15) is 9.59 Å². The van der Waals surface area contributed by atoms with Crippen LogP contribution in [-0.4, -0.2) is 56.8 Å². The zero-order valence-electron chi connectivity index (χ0n) is 15.2. The molecule has 6 heteroatoms. The minimum atomic E-state index is 0.113. The zero-order valence-corrected chi connectivity index (χ0v) is 15.2. The summed E-state index contributed by atoms with van der Waals surface area (Å²) < 4.78 is 2.07. The number of rotatable bonds is 5. The molecule has 2 aliphatic rings. The highest BCUT2D eigenvalue weighted by atomic mass is 16.2. The first-order chi connectivity index (χ1) is 12.1. The normalized spacial score (nSPS) is 18.7. The monoisotopic (exact) mass is 344 g/mol. The Bertz CT molecular complexity index is 636. The van der Waals surface area contributed by atoms with Gasteiger partial charge in [0.15, 0.2) is 0 Å². The van der Waals surface area contributed by atoms with Crippen LogP contribution in [0.3, 0.4) is 0 Å². The summed E-state index contributed by atoms with van der Waals surface area (Å²) in [4.78, 5) is 32.8. The number of aromatic nitrogens is 2. The molecule has 0 aromatic carbocycles. The van der Waals surface area contributed by atoms with E-state index in [4.69, 9.17) is 0 Å². The van der Waals surface area contributed by atoms with Crippen molar-refractivity contribution in [3.05, 3.63) is 30.4 Å². The van der Waals surface area contributed by atoms with Crippen LogP contribution >= 0.6 is 0 Å². The van der Waals surface area contributed by atoms with Crippen molar-refractivity contribution >= 4 is 11.8 Å². The first-order valence-electron chi connectivity index (χ1n) is 9.25. The first-order valence-corrected chi connectivity index (χ1v) is 9.25. The van der Waals surface area contributed by atoms with Crippen molar-refractivity contribution in [2.24, 2.45) is 5.92 Å². The zero-order chi connectivity index (χ0) is 17.8. The van der Waals surface area contributed by atoms with Crippen molar-refractivity contribution in [2.45, 2.75) is 52.1 Å². The van der Waals surface area contributed by atoms with E-state index in [1.807, 2.05) is 22.9 Å². The number of likely N-dealkylation sites (tertiary alicyclic amines) is 1. The second-order valence-corrected chi connectivity index (χ2v) is 7.08. The fraction of sp³-hybridized carbons (Fsp3) is 0.632. The average molecular weight is 344 g/mol. The molecule has 6 nitrogen and oxygen atoms in total. The van der Waals surface area contributed by atoms with Crippen LogP contribution in [0.25, 0.3) is 0 Å². The summed E-state index contributed by atoms with van der Waals surface area (Å²) in [7, 11) is 0. The maximum atomic E-state index is 12.5. The Kier molecular flexibility index (Phi) is 5.56. The molecule has 3 rings (SSSR count). The molecule has 1 saturated heterocycles. The Hall–Kier alpha value is -2.11. The van der Waals surface area contributed by atoms with Crippen molar-refractivity contribution in [1.82, 2.24) is 19.4 Å². The van der Waals surface area contributed by atoms with E-state index in [0.29, 0.717) is 6.54 Å². The average Bonchev–Trinajstić information content (AvgIpc) is 3.27. The summed E-state index contributed by atoms with van der Waals surface area (Å²) in [5.74, 6) is 1.51. The molecule has 136 valence electrons. The number of carbonyl (C=O) groups excluding carboxylic acids is 2. The molecule has 1 aromatic rings. The highest BCUT2D eigenvalue weighted by Crippen LogP contribution is 2.24. The minimum absolute atomic E-state index is 0.113.